The van der Waals surface area contributed by atoms with Gasteiger partial charge in [-0.3, -0.25) is 0 Å². The van der Waals surface area contributed by atoms with Gasteiger partial charge in [-0.1, -0.05) is 6.92 Å². The predicted molar refractivity (Wildman–Crippen MR) is 70.0 cm³/mol. The molecule has 17 heavy (non-hydrogen) atoms. The van der Waals surface area contributed by atoms with Crippen molar-refractivity contribution in [3.8, 4) is 0 Å². The normalized spacial score (nSPS) is 21.2. The first-order valence-corrected chi connectivity index (χ1v) is 8.40. The summed E-state index contributed by atoms with van der Waals surface area (Å²) in [5.74, 6) is 0.716. The Kier molecular flexibility index (Phi) is 6.77. The molecule has 0 saturated carbocycles. The van der Waals surface area contributed by atoms with Gasteiger partial charge in [0.1, 0.15) is 0 Å². The summed E-state index contributed by atoms with van der Waals surface area (Å²) in [5, 5.41) is 0. The van der Waals surface area contributed by atoms with E-state index in [0.29, 0.717) is 25.4 Å². The van der Waals surface area contributed by atoms with E-state index in [4.69, 9.17) is 16.3 Å². The molecule has 0 N–H and O–H groups in total. The fraction of sp³-hybridized carbons (Fsp3) is 1.00. The number of hydrogen-bond donors (Lipinski definition) is 0. The monoisotopic (exact) mass is 283 g/mol. The summed E-state index contributed by atoms with van der Waals surface area (Å²) in [6.07, 6.45) is 3.46. The maximum Gasteiger partial charge on any atom is 0.214 e. The van der Waals surface area contributed by atoms with Crippen molar-refractivity contribution in [2.75, 3.05) is 31.3 Å². The molecule has 6 heteroatoms. The number of sulfonamides is 1. The second kappa shape index (κ2) is 7.56. The van der Waals surface area contributed by atoms with Crippen LogP contribution in [-0.4, -0.2) is 50.2 Å². The van der Waals surface area contributed by atoms with Gasteiger partial charge in [-0.2, -0.15) is 4.31 Å². The van der Waals surface area contributed by atoms with E-state index in [1.54, 1.807) is 0 Å². The van der Waals surface area contributed by atoms with Crippen molar-refractivity contribution >= 4 is 21.6 Å². The average Bonchev–Trinajstić information content (AvgIpc) is 2.78. The van der Waals surface area contributed by atoms with Crippen molar-refractivity contribution in [2.24, 2.45) is 0 Å². The van der Waals surface area contributed by atoms with Crippen LogP contribution in [0.1, 0.15) is 32.6 Å². The molecule has 0 aromatic heterocycles. The first-order valence-electron chi connectivity index (χ1n) is 6.25. The van der Waals surface area contributed by atoms with Gasteiger partial charge in [0, 0.05) is 25.6 Å². The summed E-state index contributed by atoms with van der Waals surface area (Å²) in [5.41, 5.74) is 0. The number of ether oxygens (including phenoxy) is 1. The fourth-order valence-corrected chi connectivity index (χ4v) is 3.77. The van der Waals surface area contributed by atoms with Crippen molar-refractivity contribution in [1.29, 1.82) is 0 Å². The molecular formula is C11H22ClNO3S. The lowest BCUT2D eigenvalue weighted by molar-refractivity contribution is 0.0947. The third-order valence-corrected chi connectivity index (χ3v) is 5.23. The Hall–Kier alpha value is 0.160. The summed E-state index contributed by atoms with van der Waals surface area (Å²) in [6.45, 7) is 3.64. The molecule has 1 rings (SSSR count). The molecule has 1 saturated heterocycles. The Morgan fingerprint density at radius 2 is 2.18 bits per heavy atom. The van der Waals surface area contributed by atoms with E-state index in [-0.39, 0.29) is 11.9 Å². The summed E-state index contributed by atoms with van der Waals surface area (Å²) in [6, 6.07) is 0. The second-order valence-electron chi connectivity index (χ2n) is 4.30. The first-order chi connectivity index (χ1) is 8.10. The molecule has 0 bridgehead atoms. The maximum atomic E-state index is 12.1. The van der Waals surface area contributed by atoms with Crippen LogP contribution in [0.25, 0.3) is 0 Å². The molecule has 0 aromatic carbocycles. The van der Waals surface area contributed by atoms with Crippen LogP contribution in [0.3, 0.4) is 0 Å². The zero-order valence-electron chi connectivity index (χ0n) is 10.4. The van der Waals surface area contributed by atoms with Crippen LogP contribution < -0.4 is 0 Å². The Morgan fingerprint density at radius 3 is 2.71 bits per heavy atom. The van der Waals surface area contributed by atoms with Crippen LogP contribution in [0, 0.1) is 0 Å². The van der Waals surface area contributed by atoms with Crippen LogP contribution in [0.5, 0.6) is 0 Å². The Morgan fingerprint density at radius 1 is 1.41 bits per heavy atom. The lowest BCUT2D eigenvalue weighted by Gasteiger charge is -2.23. The summed E-state index contributed by atoms with van der Waals surface area (Å²) in [7, 11) is -3.14. The van der Waals surface area contributed by atoms with Crippen molar-refractivity contribution in [1.82, 2.24) is 4.31 Å². The second-order valence-corrected chi connectivity index (χ2v) is 6.76. The molecule has 0 spiro atoms. The number of likely N-dealkylation sites (N-methyl/N-ethyl adjacent to an activating group) is 1. The Bertz CT molecular complexity index is 302. The highest BCUT2D eigenvalue weighted by molar-refractivity contribution is 7.89. The molecule has 102 valence electrons. The lowest BCUT2D eigenvalue weighted by atomic mass is 10.2. The van der Waals surface area contributed by atoms with Gasteiger partial charge in [-0.05, 0) is 25.7 Å². The van der Waals surface area contributed by atoms with Gasteiger partial charge in [-0.15, -0.1) is 11.6 Å². The number of hydrogen-bond acceptors (Lipinski definition) is 3. The fourth-order valence-electron chi connectivity index (χ4n) is 1.96. The number of rotatable bonds is 8. The topological polar surface area (TPSA) is 46.6 Å². The van der Waals surface area contributed by atoms with Crippen LogP contribution in [-0.2, 0) is 14.8 Å². The number of alkyl halides is 1. The molecule has 0 amide bonds. The number of unbranched alkanes of at least 4 members (excludes halogenated alkanes) is 1. The molecule has 4 nitrogen and oxygen atoms in total. The molecule has 1 unspecified atom stereocenters. The number of nitrogens with zero attached hydrogens (tertiary/aromatic N) is 1. The minimum atomic E-state index is -3.14. The van der Waals surface area contributed by atoms with Gasteiger partial charge < -0.3 is 4.74 Å². The van der Waals surface area contributed by atoms with Crippen molar-refractivity contribution in [2.45, 2.75) is 38.7 Å². The highest BCUT2D eigenvalue weighted by Crippen LogP contribution is 2.15. The highest BCUT2D eigenvalue weighted by atomic mass is 35.5. The average molecular weight is 284 g/mol. The van der Waals surface area contributed by atoms with Crippen LogP contribution in [0.15, 0.2) is 0 Å². The minimum absolute atomic E-state index is 0.0813. The molecular weight excluding hydrogens is 262 g/mol. The van der Waals surface area contributed by atoms with Crippen LogP contribution in [0.2, 0.25) is 0 Å². The molecule has 0 aliphatic carbocycles. The van der Waals surface area contributed by atoms with Gasteiger partial charge >= 0.3 is 0 Å². The van der Waals surface area contributed by atoms with Crippen molar-refractivity contribution < 1.29 is 13.2 Å². The van der Waals surface area contributed by atoms with Gasteiger partial charge in [0.05, 0.1) is 11.9 Å². The highest BCUT2D eigenvalue weighted by Gasteiger charge is 2.25. The van der Waals surface area contributed by atoms with E-state index in [1.165, 1.54) is 4.31 Å². The minimum Gasteiger partial charge on any atom is -0.377 e. The molecule has 1 aliphatic heterocycles. The van der Waals surface area contributed by atoms with E-state index in [1.807, 2.05) is 6.92 Å². The van der Waals surface area contributed by atoms with Crippen LogP contribution in [0.4, 0.5) is 0 Å². The zero-order valence-corrected chi connectivity index (χ0v) is 12.0. The third-order valence-electron chi connectivity index (χ3n) is 2.96. The quantitative estimate of drug-likeness (QED) is 0.504. The predicted octanol–water partition coefficient (Wildman–Crippen LogP) is 1.84. The molecule has 1 heterocycles. The zero-order chi connectivity index (χ0) is 12.7. The summed E-state index contributed by atoms with van der Waals surface area (Å²) >= 11 is 5.55. The standard InChI is InChI=1S/C11H22ClNO3S/c1-2-13(10-11-6-5-8-16-11)17(14,15)9-4-3-7-12/h11H,2-10H2,1H3. The first kappa shape index (κ1) is 15.2. The Labute approximate surface area is 109 Å². The van der Waals surface area contributed by atoms with E-state index in [9.17, 15) is 8.42 Å². The van der Waals surface area contributed by atoms with E-state index >= 15 is 0 Å². The van der Waals surface area contributed by atoms with Gasteiger partial charge in [0.15, 0.2) is 0 Å². The van der Waals surface area contributed by atoms with Crippen molar-refractivity contribution in [3.05, 3.63) is 0 Å². The molecule has 0 aromatic rings. The van der Waals surface area contributed by atoms with Gasteiger partial charge in [0.2, 0.25) is 10.0 Å². The Balaban J connectivity index is 2.46. The van der Waals surface area contributed by atoms with Gasteiger partial charge in [-0.25, -0.2) is 8.42 Å². The maximum absolute atomic E-state index is 12.1. The van der Waals surface area contributed by atoms with Gasteiger partial charge in [0.25, 0.3) is 0 Å². The van der Waals surface area contributed by atoms with Crippen LogP contribution >= 0.6 is 11.6 Å². The molecule has 1 atom stereocenters. The lowest BCUT2D eigenvalue weighted by Crippen LogP contribution is -2.38. The van der Waals surface area contributed by atoms with E-state index in [0.717, 1.165) is 25.9 Å². The van der Waals surface area contributed by atoms with E-state index in [2.05, 4.69) is 0 Å². The number of halogens is 1. The van der Waals surface area contributed by atoms with E-state index < -0.39 is 10.0 Å². The molecule has 1 aliphatic rings. The molecule has 0 radical (unpaired) electrons. The summed E-state index contributed by atoms with van der Waals surface area (Å²) < 4.78 is 31.1. The molecule has 1 fully saturated rings. The largest absolute Gasteiger partial charge is 0.377 e. The smallest absolute Gasteiger partial charge is 0.214 e. The summed E-state index contributed by atoms with van der Waals surface area (Å²) in [4.78, 5) is 0. The van der Waals surface area contributed by atoms with Crippen molar-refractivity contribution in [3.63, 3.8) is 0 Å². The third kappa shape index (κ3) is 5.12. The SMILES string of the molecule is CCN(CC1CCCO1)S(=O)(=O)CCCCCl.